The second kappa shape index (κ2) is 4.62. The van der Waals surface area contributed by atoms with E-state index in [2.05, 4.69) is 27.0 Å². The number of anilines is 1. The van der Waals surface area contributed by atoms with E-state index in [4.69, 9.17) is 0 Å². The minimum atomic E-state index is 0.843. The lowest BCUT2D eigenvalue weighted by Crippen LogP contribution is -2.22. The number of imidazole rings is 1. The highest BCUT2D eigenvalue weighted by Gasteiger charge is 2.17. The van der Waals surface area contributed by atoms with E-state index in [9.17, 15) is 0 Å². The highest BCUT2D eigenvalue weighted by Crippen LogP contribution is 2.26. The van der Waals surface area contributed by atoms with Crippen molar-refractivity contribution in [1.82, 2.24) is 9.55 Å². The van der Waals surface area contributed by atoms with E-state index in [1.807, 2.05) is 30.6 Å². The third kappa shape index (κ3) is 2.18. The summed E-state index contributed by atoms with van der Waals surface area (Å²) in [5.41, 5.74) is 1.15. The molecule has 0 bridgehead atoms. The summed E-state index contributed by atoms with van der Waals surface area (Å²) in [7, 11) is 0. The molecule has 1 aromatic heterocycles. The summed E-state index contributed by atoms with van der Waals surface area (Å²) in [6.07, 6.45) is 7.95. The van der Waals surface area contributed by atoms with Crippen LogP contribution in [0.25, 0.3) is 5.69 Å². The zero-order valence-electron chi connectivity index (χ0n) is 9.84. The van der Waals surface area contributed by atoms with Crippen LogP contribution in [0.3, 0.4) is 0 Å². The Balaban J connectivity index is 1.74. The Kier molecular flexibility index (Phi) is 2.82. The van der Waals surface area contributed by atoms with Gasteiger partial charge in [-0.15, -0.1) is 0 Å². The smallest absolute Gasteiger partial charge is 0.207 e. The van der Waals surface area contributed by atoms with Crippen LogP contribution in [0.2, 0.25) is 0 Å². The average molecular weight is 227 g/mol. The largest absolute Gasteiger partial charge is 0.355 e. The Morgan fingerprint density at radius 1 is 1.24 bits per heavy atom. The molecule has 1 aromatic carbocycles. The van der Waals surface area contributed by atoms with Crippen LogP contribution >= 0.6 is 0 Å². The summed E-state index contributed by atoms with van der Waals surface area (Å²) in [6, 6.07) is 10.3. The van der Waals surface area contributed by atoms with Gasteiger partial charge in [0.2, 0.25) is 5.95 Å². The van der Waals surface area contributed by atoms with Crippen molar-refractivity contribution in [2.45, 2.75) is 19.3 Å². The maximum atomic E-state index is 4.37. The molecule has 1 saturated carbocycles. The van der Waals surface area contributed by atoms with Crippen molar-refractivity contribution in [3.63, 3.8) is 0 Å². The molecule has 2 aromatic rings. The van der Waals surface area contributed by atoms with Crippen LogP contribution in [0.1, 0.15) is 19.3 Å². The minimum absolute atomic E-state index is 0.843. The van der Waals surface area contributed by atoms with Gasteiger partial charge in [0.05, 0.1) is 0 Å². The number of hydrogen-bond acceptors (Lipinski definition) is 2. The van der Waals surface area contributed by atoms with Crippen molar-refractivity contribution >= 4 is 5.95 Å². The maximum absolute atomic E-state index is 4.37. The van der Waals surface area contributed by atoms with Gasteiger partial charge in [-0.2, -0.15) is 0 Å². The van der Waals surface area contributed by atoms with Gasteiger partial charge in [0, 0.05) is 24.6 Å². The highest BCUT2D eigenvalue weighted by atomic mass is 15.2. The predicted octanol–water partition coefficient (Wildman–Crippen LogP) is 3.08. The Hall–Kier alpha value is -1.77. The summed E-state index contributed by atoms with van der Waals surface area (Å²) >= 11 is 0. The van der Waals surface area contributed by atoms with Crippen LogP contribution in [-0.4, -0.2) is 16.1 Å². The summed E-state index contributed by atoms with van der Waals surface area (Å²) in [5.74, 6) is 1.79. The molecule has 1 aliphatic rings. The van der Waals surface area contributed by atoms with Crippen molar-refractivity contribution < 1.29 is 0 Å². The minimum Gasteiger partial charge on any atom is -0.355 e. The molecule has 0 saturated heterocycles. The number of aromatic nitrogens is 2. The molecule has 0 amide bonds. The number of nitrogens with one attached hydrogen (secondary N) is 1. The van der Waals surface area contributed by atoms with Crippen LogP contribution in [0.5, 0.6) is 0 Å². The van der Waals surface area contributed by atoms with E-state index in [1.165, 1.54) is 19.3 Å². The first-order chi connectivity index (χ1) is 8.43. The molecule has 0 unspecified atom stereocenters. The Bertz CT molecular complexity index is 471. The van der Waals surface area contributed by atoms with Gasteiger partial charge in [0.1, 0.15) is 0 Å². The van der Waals surface area contributed by atoms with Gasteiger partial charge < -0.3 is 5.32 Å². The fraction of sp³-hybridized carbons (Fsp3) is 0.357. The standard InChI is InChI=1S/C14H17N3/c1-2-7-13(8-3-1)17-10-9-15-14(17)16-11-12-5-4-6-12/h1-3,7-10,12H,4-6,11H2,(H,15,16). The highest BCUT2D eigenvalue weighted by molar-refractivity contribution is 5.41. The SMILES string of the molecule is c1ccc(-n2ccnc2NCC2CCC2)cc1. The lowest BCUT2D eigenvalue weighted by Gasteiger charge is -2.25. The molecule has 0 radical (unpaired) electrons. The average Bonchev–Trinajstić information content (AvgIpc) is 2.76. The lowest BCUT2D eigenvalue weighted by molar-refractivity contribution is 0.333. The number of hydrogen-bond donors (Lipinski definition) is 1. The summed E-state index contributed by atoms with van der Waals surface area (Å²) in [4.78, 5) is 4.37. The summed E-state index contributed by atoms with van der Waals surface area (Å²) in [6.45, 7) is 1.05. The molecule has 0 spiro atoms. The van der Waals surface area contributed by atoms with Gasteiger partial charge in [-0.25, -0.2) is 4.98 Å². The van der Waals surface area contributed by atoms with E-state index in [1.54, 1.807) is 0 Å². The molecule has 3 rings (SSSR count). The number of rotatable bonds is 4. The molecule has 1 N–H and O–H groups in total. The molecule has 3 nitrogen and oxygen atoms in total. The molecular weight excluding hydrogens is 210 g/mol. The topological polar surface area (TPSA) is 29.9 Å². The third-order valence-corrected chi connectivity index (χ3v) is 3.45. The van der Waals surface area contributed by atoms with E-state index in [-0.39, 0.29) is 0 Å². The van der Waals surface area contributed by atoms with Crippen LogP contribution in [0.4, 0.5) is 5.95 Å². The number of benzene rings is 1. The monoisotopic (exact) mass is 227 g/mol. The van der Waals surface area contributed by atoms with Crippen molar-refractivity contribution in [1.29, 1.82) is 0 Å². The van der Waals surface area contributed by atoms with Gasteiger partial charge in [-0.05, 0) is 30.9 Å². The van der Waals surface area contributed by atoms with Crippen molar-refractivity contribution in [2.75, 3.05) is 11.9 Å². The molecule has 88 valence electrons. The van der Waals surface area contributed by atoms with Gasteiger partial charge in [-0.3, -0.25) is 4.57 Å². The molecule has 3 heteroatoms. The van der Waals surface area contributed by atoms with E-state index in [0.29, 0.717) is 0 Å². The summed E-state index contributed by atoms with van der Waals surface area (Å²) in [5, 5.41) is 3.45. The first-order valence-corrected chi connectivity index (χ1v) is 6.26. The van der Waals surface area contributed by atoms with Gasteiger partial charge in [0.15, 0.2) is 0 Å². The van der Waals surface area contributed by atoms with Crippen LogP contribution < -0.4 is 5.32 Å². The zero-order valence-corrected chi connectivity index (χ0v) is 9.84. The Labute approximate surface area is 101 Å². The molecule has 17 heavy (non-hydrogen) atoms. The first kappa shape index (κ1) is 10.4. The third-order valence-electron chi connectivity index (χ3n) is 3.45. The van der Waals surface area contributed by atoms with Crippen LogP contribution in [0.15, 0.2) is 42.7 Å². The number of para-hydroxylation sites is 1. The van der Waals surface area contributed by atoms with Gasteiger partial charge >= 0.3 is 0 Å². The normalized spacial score (nSPS) is 15.5. The fourth-order valence-corrected chi connectivity index (χ4v) is 2.16. The Morgan fingerprint density at radius 2 is 2.06 bits per heavy atom. The molecule has 1 fully saturated rings. The van der Waals surface area contributed by atoms with E-state index >= 15 is 0 Å². The number of nitrogens with zero attached hydrogens (tertiary/aromatic N) is 2. The summed E-state index contributed by atoms with van der Waals surface area (Å²) < 4.78 is 2.10. The Morgan fingerprint density at radius 3 is 2.76 bits per heavy atom. The lowest BCUT2D eigenvalue weighted by atomic mass is 9.85. The van der Waals surface area contributed by atoms with Crippen molar-refractivity contribution in [3.8, 4) is 5.69 Å². The zero-order chi connectivity index (χ0) is 11.5. The fourth-order valence-electron chi connectivity index (χ4n) is 2.16. The maximum Gasteiger partial charge on any atom is 0.207 e. The molecule has 0 aliphatic heterocycles. The second-order valence-corrected chi connectivity index (χ2v) is 4.63. The molecule has 1 heterocycles. The van der Waals surface area contributed by atoms with Gasteiger partial charge in [-0.1, -0.05) is 24.6 Å². The first-order valence-electron chi connectivity index (χ1n) is 6.26. The molecule has 0 atom stereocenters. The molecular formula is C14H17N3. The van der Waals surface area contributed by atoms with Crippen molar-refractivity contribution in [3.05, 3.63) is 42.7 Å². The quantitative estimate of drug-likeness (QED) is 0.869. The van der Waals surface area contributed by atoms with E-state index in [0.717, 1.165) is 24.1 Å². The van der Waals surface area contributed by atoms with Crippen LogP contribution in [-0.2, 0) is 0 Å². The van der Waals surface area contributed by atoms with E-state index < -0.39 is 0 Å². The van der Waals surface area contributed by atoms with Crippen LogP contribution in [0, 0.1) is 5.92 Å². The van der Waals surface area contributed by atoms with Crippen molar-refractivity contribution in [2.24, 2.45) is 5.92 Å². The molecule has 1 aliphatic carbocycles. The second-order valence-electron chi connectivity index (χ2n) is 4.63. The van der Waals surface area contributed by atoms with Gasteiger partial charge in [0.25, 0.3) is 0 Å². The predicted molar refractivity (Wildman–Crippen MR) is 69.4 cm³/mol.